The number of piperidine rings is 1. The van der Waals surface area contributed by atoms with Gasteiger partial charge in [0.1, 0.15) is 0 Å². The second-order valence-electron chi connectivity index (χ2n) is 5.40. The molecule has 2 unspecified atom stereocenters. The number of hydrogen-bond donors (Lipinski definition) is 1. The summed E-state index contributed by atoms with van der Waals surface area (Å²) in [6.45, 7) is 5.30. The average molecular weight is 263 g/mol. The summed E-state index contributed by atoms with van der Waals surface area (Å²) in [6, 6.07) is 7.17. The van der Waals surface area contributed by atoms with Crippen LogP contribution in [0.25, 0.3) is 0 Å². The van der Waals surface area contributed by atoms with Gasteiger partial charge < -0.3 is 10.6 Å². The molecule has 1 saturated heterocycles. The van der Waals surface area contributed by atoms with Crippen LogP contribution >= 0.6 is 0 Å². The SMILES string of the molecule is CC1CN(CCc2ccc([N+](=O)[O-])cc2)CCC1N. The van der Waals surface area contributed by atoms with Crippen molar-refractivity contribution in [3.63, 3.8) is 0 Å². The molecule has 0 bridgehead atoms. The summed E-state index contributed by atoms with van der Waals surface area (Å²) >= 11 is 0. The Balaban J connectivity index is 1.83. The molecule has 104 valence electrons. The maximum absolute atomic E-state index is 10.6. The molecule has 0 radical (unpaired) electrons. The zero-order chi connectivity index (χ0) is 13.8. The molecule has 1 aliphatic heterocycles. The molecular weight excluding hydrogens is 242 g/mol. The van der Waals surface area contributed by atoms with Crippen LogP contribution < -0.4 is 5.73 Å². The Bertz CT molecular complexity index is 433. The van der Waals surface area contributed by atoms with Crippen LogP contribution in [-0.2, 0) is 6.42 Å². The smallest absolute Gasteiger partial charge is 0.269 e. The largest absolute Gasteiger partial charge is 0.327 e. The lowest BCUT2D eigenvalue weighted by molar-refractivity contribution is -0.384. The van der Waals surface area contributed by atoms with E-state index < -0.39 is 0 Å². The van der Waals surface area contributed by atoms with Crippen molar-refractivity contribution >= 4 is 5.69 Å². The predicted molar refractivity (Wildman–Crippen MR) is 75.0 cm³/mol. The lowest BCUT2D eigenvalue weighted by Gasteiger charge is -2.35. The Hall–Kier alpha value is -1.46. The van der Waals surface area contributed by atoms with Crippen LogP contribution in [0.3, 0.4) is 0 Å². The normalized spacial score (nSPS) is 24.3. The third-order valence-corrected chi connectivity index (χ3v) is 3.92. The summed E-state index contributed by atoms with van der Waals surface area (Å²) < 4.78 is 0. The summed E-state index contributed by atoms with van der Waals surface area (Å²) in [5.41, 5.74) is 7.30. The molecule has 5 nitrogen and oxygen atoms in total. The van der Waals surface area contributed by atoms with Crippen LogP contribution in [0.2, 0.25) is 0 Å². The first-order valence-corrected chi connectivity index (χ1v) is 6.77. The molecule has 1 aromatic carbocycles. The fourth-order valence-electron chi connectivity index (χ4n) is 2.52. The van der Waals surface area contributed by atoms with Gasteiger partial charge in [0.2, 0.25) is 0 Å². The van der Waals surface area contributed by atoms with Gasteiger partial charge in [0.05, 0.1) is 4.92 Å². The second-order valence-corrected chi connectivity index (χ2v) is 5.40. The van der Waals surface area contributed by atoms with E-state index in [4.69, 9.17) is 5.73 Å². The monoisotopic (exact) mass is 263 g/mol. The quantitative estimate of drug-likeness (QED) is 0.664. The molecule has 19 heavy (non-hydrogen) atoms. The Kier molecular flexibility index (Phi) is 4.50. The molecule has 1 fully saturated rings. The molecule has 0 spiro atoms. The highest BCUT2D eigenvalue weighted by Crippen LogP contribution is 2.16. The molecule has 1 heterocycles. The molecule has 2 N–H and O–H groups in total. The fraction of sp³-hybridized carbons (Fsp3) is 0.571. The van der Waals surface area contributed by atoms with E-state index in [0.29, 0.717) is 12.0 Å². The second kappa shape index (κ2) is 6.12. The van der Waals surface area contributed by atoms with Crippen molar-refractivity contribution in [3.05, 3.63) is 39.9 Å². The number of nitrogens with two attached hydrogens (primary N) is 1. The molecule has 0 saturated carbocycles. The Labute approximate surface area is 113 Å². The summed E-state index contributed by atoms with van der Waals surface area (Å²) in [5, 5.41) is 10.6. The van der Waals surface area contributed by atoms with Gasteiger partial charge in [0.25, 0.3) is 5.69 Å². The van der Waals surface area contributed by atoms with E-state index in [-0.39, 0.29) is 10.6 Å². The Morgan fingerprint density at radius 1 is 1.42 bits per heavy atom. The zero-order valence-electron chi connectivity index (χ0n) is 11.3. The third-order valence-electron chi connectivity index (χ3n) is 3.92. The van der Waals surface area contributed by atoms with E-state index in [0.717, 1.165) is 38.0 Å². The highest BCUT2D eigenvalue weighted by molar-refractivity contribution is 5.32. The summed E-state index contributed by atoms with van der Waals surface area (Å²) in [6.07, 6.45) is 1.99. The maximum atomic E-state index is 10.6. The number of hydrogen-bond acceptors (Lipinski definition) is 4. The van der Waals surface area contributed by atoms with Crippen molar-refractivity contribution in [2.45, 2.75) is 25.8 Å². The highest BCUT2D eigenvalue weighted by Gasteiger charge is 2.22. The molecule has 0 aliphatic carbocycles. The van der Waals surface area contributed by atoms with E-state index >= 15 is 0 Å². The van der Waals surface area contributed by atoms with E-state index in [2.05, 4.69) is 11.8 Å². The van der Waals surface area contributed by atoms with Crippen molar-refractivity contribution in [3.8, 4) is 0 Å². The zero-order valence-corrected chi connectivity index (χ0v) is 11.3. The lowest BCUT2D eigenvalue weighted by Crippen LogP contribution is -2.46. The molecule has 0 amide bonds. The van der Waals surface area contributed by atoms with Crippen LogP contribution in [0.15, 0.2) is 24.3 Å². The number of nitrogens with zero attached hydrogens (tertiary/aromatic N) is 2. The fourth-order valence-corrected chi connectivity index (χ4v) is 2.52. The predicted octanol–water partition coefficient (Wildman–Crippen LogP) is 1.81. The lowest BCUT2D eigenvalue weighted by atomic mass is 9.94. The molecule has 1 aliphatic rings. The maximum Gasteiger partial charge on any atom is 0.269 e. The average Bonchev–Trinajstić information content (AvgIpc) is 2.40. The van der Waals surface area contributed by atoms with Crippen molar-refractivity contribution in [2.75, 3.05) is 19.6 Å². The first kappa shape index (κ1) is 14.0. The van der Waals surface area contributed by atoms with Gasteiger partial charge in [-0.1, -0.05) is 19.1 Å². The summed E-state index contributed by atoms with van der Waals surface area (Å²) in [7, 11) is 0. The number of likely N-dealkylation sites (tertiary alicyclic amines) is 1. The first-order valence-electron chi connectivity index (χ1n) is 6.77. The van der Waals surface area contributed by atoms with E-state index in [1.807, 2.05) is 12.1 Å². The topological polar surface area (TPSA) is 72.4 Å². The minimum Gasteiger partial charge on any atom is -0.327 e. The van der Waals surface area contributed by atoms with E-state index in [1.54, 1.807) is 12.1 Å². The van der Waals surface area contributed by atoms with Crippen LogP contribution in [-0.4, -0.2) is 35.5 Å². The Morgan fingerprint density at radius 3 is 2.68 bits per heavy atom. The van der Waals surface area contributed by atoms with Gasteiger partial charge in [-0.05, 0) is 30.9 Å². The van der Waals surface area contributed by atoms with Crippen molar-refractivity contribution in [1.82, 2.24) is 4.90 Å². The van der Waals surface area contributed by atoms with Gasteiger partial charge in [0.15, 0.2) is 0 Å². The number of non-ortho nitro benzene ring substituents is 1. The van der Waals surface area contributed by atoms with Gasteiger partial charge in [-0.15, -0.1) is 0 Å². The van der Waals surface area contributed by atoms with E-state index in [1.165, 1.54) is 0 Å². The molecule has 0 aromatic heterocycles. The summed E-state index contributed by atoms with van der Waals surface area (Å²) in [4.78, 5) is 12.6. The molecule has 5 heteroatoms. The van der Waals surface area contributed by atoms with Crippen LogP contribution in [0, 0.1) is 16.0 Å². The van der Waals surface area contributed by atoms with E-state index in [9.17, 15) is 10.1 Å². The highest BCUT2D eigenvalue weighted by atomic mass is 16.6. The number of nitro benzene ring substituents is 1. The first-order chi connectivity index (χ1) is 9.06. The van der Waals surface area contributed by atoms with Crippen molar-refractivity contribution in [1.29, 1.82) is 0 Å². The van der Waals surface area contributed by atoms with Gasteiger partial charge in [-0.2, -0.15) is 0 Å². The number of rotatable bonds is 4. The van der Waals surface area contributed by atoms with Gasteiger partial charge in [-0.3, -0.25) is 10.1 Å². The molecule has 2 atom stereocenters. The van der Waals surface area contributed by atoms with Crippen LogP contribution in [0.5, 0.6) is 0 Å². The minimum absolute atomic E-state index is 0.154. The molecule has 1 aromatic rings. The van der Waals surface area contributed by atoms with Gasteiger partial charge in [0, 0.05) is 31.3 Å². The van der Waals surface area contributed by atoms with Crippen molar-refractivity contribution < 1.29 is 4.92 Å². The van der Waals surface area contributed by atoms with Crippen LogP contribution in [0.1, 0.15) is 18.9 Å². The van der Waals surface area contributed by atoms with Crippen molar-refractivity contribution in [2.24, 2.45) is 11.7 Å². The summed E-state index contributed by atoms with van der Waals surface area (Å²) in [5.74, 6) is 0.547. The van der Waals surface area contributed by atoms with Crippen LogP contribution in [0.4, 0.5) is 5.69 Å². The number of benzene rings is 1. The van der Waals surface area contributed by atoms with Gasteiger partial charge in [-0.25, -0.2) is 0 Å². The minimum atomic E-state index is -0.364. The Morgan fingerprint density at radius 2 is 2.11 bits per heavy atom. The molecule has 2 rings (SSSR count). The standard InChI is InChI=1S/C14H21N3O2/c1-11-10-16(9-7-14(11)15)8-6-12-2-4-13(5-3-12)17(18)19/h2-5,11,14H,6-10,15H2,1H3. The molecular formula is C14H21N3O2. The third kappa shape index (κ3) is 3.75. The number of nitro groups is 1. The van der Waals surface area contributed by atoms with Gasteiger partial charge >= 0.3 is 0 Å².